The molecule has 0 spiro atoms. The van der Waals surface area contributed by atoms with Crippen molar-refractivity contribution >= 4 is 22.9 Å². The maximum atomic E-state index is 11.7. The number of carbonyl (C=O) groups is 1. The molecule has 17 heavy (non-hydrogen) atoms. The first-order valence-corrected chi connectivity index (χ1v) is 5.43. The van der Waals surface area contributed by atoms with Crippen LogP contribution in [0.1, 0.15) is 13.8 Å². The van der Waals surface area contributed by atoms with Gasteiger partial charge in [-0.3, -0.25) is 9.78 Å². The van der Waals surface area contributed by atoms with Gasteiger partial charge in [0.1, 0.15) is 12.1 Å². The number of imidazole rings is 1. The standard InChI is InChI=1S/C11H15N5O/c1-7(2)14-10(17)6-16-9-3-4-13-5-8(9)15-11(16)12/h3-5,7H,6H2,1-2H3,(H2,12,15)(H,14,17). The van der Waals surface area contributed by atoms with Crippen molar-refractivity contribution in [3.05, 3.63) is 18.5 Å². The molecule has 0 aromatic carbocycles. The molecule has 0 saturated carbocycles. The van der Waals surface area contributed by atoms with Crippen molar-refractivity contribution in [3.8, 4) is 0 Å². The molecule has 0 atom stereocenters. The highest BCUT2D eigenvalue weighted by Crippen LogP contribution is 2.15. The molecule has 2 aromatic rings. The highest BCUT2D eigenvalue weighted by Gasteiger charge is 2.11. The smallest absolute Gasteiger partial charge is 0.240 e. The summed E-state index contributed by atoms with van der Waals surface area (Å²) in [5.74, 6) is 0.245. The molecule has 0 unspecified atom stereocenters. The van der Waals surface area contributed by atoms with E-state index in [-0.39, 0.29) is 18.5 Å². The predicted octanol–water partition coefficient (Wildman–Crippen LogP) is 0.538. The van der Waals surface area contributed by atoms with Crippen molar-refractivity contribution in [3.63, 3.8) is 0 Å². The Bertz CT molecular complexity index is 546. The van der Waals surface area contributed by atoms with Gasteiger partial charge in [-0.25, -0.2) is 4.98 Å². The lowest BCUT2D eigenvalue weighted by molar-refractivity contribution is -0.122. The van der Waals surface area contributed by atoms with E-state index >= 15 is 0 Å². The monoisotopic (exact) mass is 233 g/mol. The van der Waals surface area contributed by atoms with E-state index in [0.29, 0.717) is 11.5 Å². The van der Waals surface area contributed by atoms with Crippen LogP contribution in [0.25, 0.3) is 11.0 Å². The minimum atomic E-state index is -0.0807. The first-order valence-electron chi connectivity index (χ1n) is 5.43. The van der Waals surface area contributed by atoms with Crippen LogP contribution in [0, 0.1) is 0 Å². The topological polar surface area (TPSA) is 85.8 Å². The number of rotatable bonds is 3. The number of anilines is 1. The lowest BCUT2D eigenvalue weighted by Gasteiger charge is -2.10. The lowest BCUT2D eigenvalue weighted by Crippen LogP contribution is -2.33. The van der Waals surface area contributed by atoms with Crippen LogP contribution in [0.2, 0.25) is 0 Å². The SMILES string of the molecule is CC(C)NC(=O)Cn1c(N)nc2cnccc21. The van der Waals surface area contributed by atoms with Gasteiger partial charge in [-0.2, -0.15) is 0 Å². The highest BCUT2D eigenvalue weighted by molar-refractivity contribution is 5.82. The maximum absolute atomic E-state index is 11.7. The quantitative estimate of drug-likeness (QED) is 0.810. The number of hydrogen-bond donors (Lipinski definition) is 2. The van der Waals surface area contributed by atoms with E-state index in [1.165, 1.54) is 0 Å². The Kier molecular flexibility index (Phi) is 2.95. The Morgan fingerprint density at radius 2 is 2.35 bits per heavy atom. The van der Waals surface area contributed by atoms with Crippen molar-refractivity contribution < 1.29 is 4.79 Å². The number of amides is 1. The van der Waals surface area contributed by atoms with Crippen LogP contribution in [0.3, 0.4) is 0 Å². The van der Waals surface area contributed by atoms with Gasteiger partial charge in [0.2, 0.25) is 11.9 Å². The third kappa shape index (κ3) is 2.35. The molecule has 2 heterocycles. The second-order valence-electron chi connectivity index (χ2n) is 4.14. The minimum absolute atomic E-state index is 0.0807. The summed E-state index contributed by atoms with van der Waals surface area (Å²) in [6.45, 7) is 4.00. The molecule has 90 valence electrons. The fraction of sp³-hybridized carbons (Fsp3) is 0.364. The summed E-state index contributed by atoms with van der Waals surface area (Å²) in [7, 11) is 0. The number of carbonyl (C=O) groups excluding carboxylic acids is 1. The summed E-state index contributed by atoms with van der Waals surface area (Å²) in [4.78, 5) is 19.8. The molecule has 0 fully saturated rings. The van der Waals surface area contributed by atoms with Crippen LogP contribution in [0.5, 0.6) is 0 Å². The normalized spacial score (nSPS) is 11.0. The summed E-state index contributed by atoms with van der Waals surface area (Å²) in [6.07, 6.45) is 3.28. The first kappa shape index (κ1) is 11.4. The number of aromatic nitrogens is 3. The zero-order valence-electron chi connectivity index (χ0n) is 9.84. The van der Waals surface area contributed by atoms with Crippen molar-refractivity contribution in [2.75, 3.05) is 5.73 Å². The van der Waals surface area contributed by atoms with Gasteiger partial charge in [-0.15, -0.1) is 0 Å². The van der Waals surface area contributed by atoms with E-state index in [1.807, 2.05) is 13.8 Å². The van der Waals surface area contributed by atoms with Gasteiger partial charge in [-0.05, 0) is 19.9 Å². The number of pyridine rings is 1. The molecular weight excluding hydrogens is 218 g/mol. The fourth-order valence-electron chi connectivity index (χ4n) is 1.68. The van der Waals surface area contributed by atoms with E-state index in [2.05, 4.69) is 15.3 Å². The largest absolute Gasteiger partial charge is 0.369 e. The van der Waals surface area contributed by atoms with E-state index in [0.717, 1.165) is 5.52 Å². The molecule has 1 amide bonds. The van der Waals surface area contributed by atoms with Crippen molar-refractivity contribution in [2.45, 2.75) is 26.4 Å². The van der Waals surface area contributed by atoms with Crippen molar-refractivity contribution in [2.24, 2.45) is 0 Å². The number of fused-ring (bicyclic) bond motifs is 1. The number of nitrogen functional groups attached to an aromatic ring is 1. The van der Waals surface area contributed by atoms with Gasteiger partial charge in [0.25, 0.3) is 0 Å². The molecule has 0 aliphatic rings. The first-order chi connectivity index (χ1) is 8.08. The molecule has 0 bridgehead atoms. The zero-order chi connectivity index (χ0) is 12.4. The molecule has 6 nitrogen and oxygen atoms in total. The second kappa shape index (κ2) is 4.40. The average Bonchev–Trinajstić information content (AvgIpc) is 2.55. The molecule has 2 aromatic heterocycles. The van der Waals surface area contributed by atoms with E-state index in [1.54, 1.807) is 23.0 Å². The zero-order valence-corrected chi connectivity index (χ0v) is 9.84. The van der Waals surface area contributed by atoms with Crippen LogP contribution >= 0.6 is 0 Å². The van der Waals surface area contributed by atoms with E-state index in [9.17, 15) is 4.79 Å². The predicted molar refractivity (Wildman–Crippen MR) is 65.2 cm³/mol. The van der Waals surface area contributed by atoms with Crippen LogP contribution in [-0.2, 0) is 11.3 Å². The lowest BCUT2D eigenvalue weighted by atomic mass is 10.3. The summed E-state index contributed by atoms with van der Waals surface area (Å²) in [5.41, 5.74) is 7.29. The average molecular weight is 233 g/mol. The molecule has 0 aliphatic carbocycles. The Morgan fingerprint density at radius 1 is 1.59 bits per heavy atom. The Labute approximate surface area is 98.8 Å². The van der Waals surface area contributed by atoms with E-state index < -0.39 is 0 Å². The van der Waals surface area contributed by atoms with Gasteiger partial charge in [0.15, 0.2) is 0 Å². The van der Waals surface area contributed by atoms with Crippen LogP contribution in [0.15, 0.2) is 18.5 Å². The molecule has 0 aliphatic heterocycles. The van der Waals surface area contributed by atoms with Crippen molar-refractivity contribution in [1.82, 2.24) is 19.9 Å². The highest BCUT2D eigenvalue weighted by atomic mass is 16.2. The van der Waals surface area contributed by atoms with Gasteiger partial charge in [0, 0.05) is 12.2 Å². The maximum Gasteiger partial charge on any atom is 0.240 e. The fourth-order valence-corrected chi connectivity index (χ4v) is 1.68. The molecule has 2 rings (SSSR count). The Morgan fingerprint density at radius 3 is 3.06 bits per heavy atom. The number of nitrogens with zero attached hydrogens (tertiary/aromatic N) is 3. The van der Waals surface area contributed by atoms with E-state index in [4.69, 9.17) is 5.73 Å². The summed E-state index contributed by atoms with van der Waals surface area (Å²) >= 11 is 0. The summed E-state index contributed by atoms with van der Waals surface area (Å²) < 4.78 is 1.68. The number of nitrogens with two attached hydrogens (primary N) is 1. The van der Waals surface area contributed by atoms with Gasteiger partial charge < -0.3 is 15.6 Å². The van der Waals surface area contributed by atoms with Gasteiger partial charge >= 0.3 is 0 Å². The van der Waals surface area contributed by atoms with Crippen LogP contribution < -0.4 is 11.1 Å². The van der Waals surface area contributed by atoms with Crippen LogP contribution in [0.4, 0.5) is 5.95 Å². The van der Waals surface area contributed by atoms with Gasteiger partial charge in [-0.1, -0.05) is 0 Å². The number of nitrogens with one attached hydrogen (secondary N) is 1. The molecule has 3 N–H and O–H groups in total. The summed E-state index contributed by atoms with van der Waals surface area (Å²) in [5, 5.41) is 2.81. The molecular formula is C11H15N5O. The van der Waals surface area contributed by atoms with Crippen LogP contribution in [-0.4, -0.2) is 26.5 Å². The Balaban J connectivity index is 2.29. The van der Waals surface area contributed by atoms with Crippen molar-refractivity contribution in [1.29, 1.82) is 0 Å². The third-order valence-corrected chi connectivity index (χ3v) is 2.33. The second-order valence-corrected chi connectivity index (χ2v) is 4.14. The number of hydrogen-bond acceptors (Lipinski definition) is 4. The minimum Gasteiger partial charge on any atom is -0.369 e. The van der Waals surface area contributed by atoms with Gasteiger partial charge in [0.05, 0.1) is 11.7 Å². The molecule has 0 saturated heterocycles. The summed E-state index contributed by atoms with van der Waals surface area (Å²) in [6, 6.07) is 1.90. The Hall–Kier alpha value is -2.11. The third-order valence-electron chi connectivity index (χ3n) is 2.33. The molecule has 6 heteroatoms. The molecule has 0 radical (unpaired) electrons.